The van der Waals surface area contributed by atoms with Crippen LogP contribution in [-0.2, 0) is 4.79 Å². The Labute approximate surface area is 109 Å². The van der Waals surface area contributed by atoms with Gasteiger partial charge in [-0.2, -0.15) is 0 Å². The molecular weight excluding hydrogens is 246 g/mol. The number of rotatable bonds is 0. The second-order valence-electron chi connectivity index (χ2n) is 5.05. The first-order chi connectivity index (χ1) is 8.74. The van der Waals surface area contributed by atoms with E-state index in [-0.39, 0.29) is 16.7 Å². The van der Waals surface area contributed by atoms with Gasteiger partial charge in [0.05, 0.1) is 11.8 Å². The smallest absolute Gasteiger partial charge is 0.228 e. The molecule has 3 heterocycles. The van der Waals surface area contributed by atoms with Gasteiger partial charge in [-0.25, -0.2) is 0 Å². The molecule has 92 valence electrons. The highest BCUT2D eigenvalue weighted by Gasteiger charge is 2.58. The zero-order chi connectivity index (χ0) is 12.3. The molecule has 0 radical (unpaired) electrons. The van der Waals surface area contributed by atoms with Gasteiger partial charge in [-0.1, -0.05) is 24.3 Å². The van der Waals surface area contributed by atoms with E-state index in [2.05, 4.69) is 6.08 Å². The Kier molecular flexibility index (Phi) is 2.01. The van der Waals surface area contributed by atoms with Gasteiger partial charge in [-0.05, 0) is 17.9 Å². The van der Waals surface area contributed by atoms with Crippen LogP contribution in [0.3, 0.4) is 0 Å². The van der Waals surface area contributed by atoms with Crippen LogP contribution in [-0.4, -0.2) is 15.9 Å². The van der Waals surface area contributed by atoms with Crippen molar-refractivity contribution in [2.24, 2.45) is 5.92 Å². The molecule has 1 aromatic carbocycles. The molecule has 0 bridgehead atoms. The Hall–Kier alpha value is -1.26. The van der Waals surface area contributed by atoms with Crippen molar-refractivity contribution in [2.75, 3.05) is 4.90 Å². The van der Waals surface area contributed by atoms with Gasteiger partial charge in [0, 0.05) is 17.9 Å². The largest absolute Gasteiger partial charge is 0.388 e. The van der Waals surface area contributed by atoms with E-state index in [1.54, 1.807) is 11.8 Å². The van der Waals surface area contributed by atoms with Crippen molar-refractivity contribution >= 4 is 23.4 Å². The molecule has 3 nitrogen and oxygen atoms in total. The van der Waals surface area contributed by atoms with Gasteiger partial charge in [0.15, 0.2) is 0 Å². The number of carbonyl (C=O) groups is 1. The molecule has 0 saturated carbocycles. The molecule has 4 heteroatoms. The third-order valence-electron chi connectivity index (χ3n) is 4.24. The molecule has 0 unspecified atom stereocenters. The Morgan fingerprint density at radius 2 is 2.22 bits per heavy atom. The van der Waals surface area contributed by atoms with Crippen LogP contribution in [0.1, 0.15) is 24.5 Å². The molecule has 4 rings (SSSR count). The molecule has 1 fully saturated rings. The lowest BCUT2D eigenvalue weighted by Crippen LogP contribution is -2.52. The maximum atomic E-state index is 12.2. The Bertz CT molecular complexity index is 571. The predicted molar refractivity (Wildman–Crippen MR) is 71.1 cm³/mol. The quantitative estimate of drug-likeness (QED) is 0.778. The topological polar surface area (TPSA) is 40.5 Å². The number of benzene rings is 1. The average Bonchev–Trinajstić information content (AvgIpc) is 2.95. The van der Waals surface area contributed by atoms with E-state index < -0.39 is 6.10 Å². The van der Waals surface area contributed by atoms with Crippen molar-refractivity contribution < 1.29 is 9.90 Å². The minimum absolute atomic E-state index is 0.0175. The molecule has 3 aliphatic rings. The van der Waals surface area contributed by atoms with Crippen LogP contribution in [0.15, 0.2) is 35.7 Å². The second kappa shape index (κ2) is 3.39. The van der Waals surface area contributed by atoms with E-state index in [1.807, 2.05) is 34.6 Å². The van der Waals surface area contributed by atoms with Gasteiger partial charge in [-0.15, -0.1) is 11.8 Å². The van der Waals surface area contributed by atoms with Gasteiger partial charge in [0.1, 0.15) is 4.87 Å². The molecule has 1 saturated heterocycles. The summed E-state index contributed by atoms with van der Waals surface area (Å²) in [6, 6.07) is 7.71. The molecule has 0 aromatic heterocycles. The molecule has 3 aliphatic heterocycles. The minimum atomic E-state index is -0.505. The summed E-state index contributed by atoms with van der Waals surface area (Å²) in [7, 11) is 0. The van der Waals surface area contributed by atoms with Crippen LogP contribution in [0.4, 0.5) is 5.69 Å². The number of carbonyl (C=O) groups excluding carboxylic acids is 1. The van der Waals surface area contributed by atoms with Crippen molar-refractivity contribution in [3.8, 4) is 0 Å². The molecule has 1 N–H and O–H groups in total. The highest BCUT2D eigenvalue weighted by molar-refractivity contribution is 8.03. The van der Waals surface area contributed by atoms with Crippen molar-refractivity contribution in [3.63, 3.8) is 0 Å². The summed E-state index contributed by atoms with van der Waals surface area (Å²) < 4.78 is 0. The van der Waals surface area contributed by atoms with E-state index >= 15 is 0 Å². The lowest BCUT2D eigenvalue weighted by molar-refractivity contribution is -0.117. The fourth-order valence-corrected chi connectivity index (χ4v) is 4.82. The summed E-state index contributed by atoms with van der Waals surface area (Å²) in [6.07, 6.45) is 2.94. The Morgan fingerprint density at radius 3 is 3.11 bits per heavy atom. The maximum Gasteiger partial charge on any atom is 0.228 e. The van der Waals surface area contributed by atoms with E-state index in [0.29, 0.717) is 6.42 Å². The summed E-state index contributed by atoms with van der Waals surface area (Å²) in [4.78, 5) is 13.9. The van der Waals surface area contributed by atoms with Gasteiger partial charge in [0.25, 0.3) is 0 Å². The lowest BCUT2D eigenvalue weighted by Gasteiger charge is -2.46. The van der Waals surface area contributed by atoms with Gasteiger partial charge >= 0.3 is 0 Å². The highest BCUT2D eigenvalue weighted by atomic mass is 32.2. The fourth-order valence-electron chi connectivity index (χ4n) is 3.44. The highest BCUT2D eigenvalue weighted by Crippen LogP contribution is 2.60. The van der Waals surface area contributed by atoms with Crippen molar-refractivity contribution in [3.05, 3.63) is 41.3 Å². The Balaban J connectivity index is 1.99. The van der Waals surface area contributed by atoms with Crippen molar-refractivity contribution in [1.82, 2.24) is 0 Å². The monoisotopic (exact) mass is 259 g/mol. The summed E-state index contributed by atoms with van der Waals surface area (Å²) in [5.41, 5.74) is 1.76. The molecule has 0 aliphatic carbocycles. The number of hydrogen-bond donors (Lipinski definition) is 1. The summed E-state index contributed by atoms with van der Waals surface area (Å²) in [6.45, 7) is 0. The summed E-state index contributed by atoms with van der Waals surface area (Å²) in [5, 5.41) is 12.6. The third kappa shape index (κ3) is 1.08. The number of anilines is 1. The van der Waals surface area contributed by atoms with E-state index in [9.17, 15) is 9.90 Å². The van der Waals surface area contributed by atoms with Crippen LogP contribution in [0, 0.1) is 5.92 Å². The first kappa shape index (κ1) is 10.6. The second-order valence-corrected chi connectivity index (χ2v) is 6.26. The van der Waals surface area contributed by atoms with Crippen LogP contribution >= 0.6 is 11.8 Å². The minimum Gasteiger partial charge on any atom is -0.388 e. The average molecular weight is 259 g/mol. The number of thioether (sulfide) groups is 1. The lowest BCUT2D eigenvalue weighted by atomic mass is 9.83. The van der Waals surface area contributed by atoms with Crippen molar-refractivity contribution in [2.45, 2.75) is 23.8 Å². The number of aliphatic hydroxyl groups is 1. The number of nitrogens with zero attached hydrogens (tertiary/aromatic N) is 1. The molecule has 18 heavy (non-hydrogen) atoms. The molecular formula is C14H13NO2S. The van der Waals surface area contributed by atoms with Crippen LogP contribution < -0.4 is 4.90 Å². The van der Waals surface area contributed by atoms with E-state index in [1.165, 1.54) is 0 Å². The molecule has 1 spiro atoms. The van der Waals surface area contributed by atoms with Crippen LogP contribution in [0.25, 0.3) is 0 Å². The number of aliphatic hydroxyl groups excluding tert-OH is 1. The normalized spacial score (nSPS) is 36.5. The maximum absolute atomic E-state index is 12.2. The SMILES string of the molecule is O=C1CC[C@]23SC=C[C@H]2[C@H](O)c2ccccc2N13. The predicted octanol–water partition coefficient (Wildman–Crippen LogP) is 2.43. The standard InChI is InChI=1S/C14H13NO2S/c16-12-5-7-14-10(6-8-18-14)13(17)9-3-1-2-4-11(9)15(12)14/h1-4,6,8,10,13,17H,5,7H2/t10-,13+,14-/m0/s1. The summed E-state index contributed by atoms with van der Waals surface area (Å²) in [5.74, 6) is 0.194. The van der Waals surface area contributed by atoms with Crippen molar-refractivity contribution in [1.29, 1.82) is 0 Å². The summed E-state index contributed by atoms with van der Waals surface area (Å²) >= 11 is 1.68. The van der Waals surface area contributed by atoms with Gasteiger partial charge in [0.2, 0.25) is 5.91 Å². The molecule has 1 amide bonds. The molecule has 1 aromatic rings. The number of amides is 1. The van der Waals surface area contributed by atoms with E-state index in [4.69, 9.17) is 0 Å². The first-order valence-electron chi connectivity index (χ1n) is 6.18. The Morgan fingerprint density at radius 1 is 1.39 bits per heavy atom. The number of fused-ring (bicyclic) bond motifs is 2. The fraction of sp³-hybridized carbons (Fsp3) is 0.357. The number of hydrogen-bond acceptors (Lipinski definition) is 3. The number of para-hydroxylation sites is 1. The van der Waals surface area contributed by atoms with Crippen LogP contribution in [0.5, 0.6) is 0 Å². The van der Waals surface area contributed by atoms with Gasteiger partial charge in [-0.3, -0.25) is 9.69 Å². The van der Waals surface area contributed by atoms with Crippen LogP contribution in [0.2, 0.25) is 0 Å². The zero-order valence-electron chi connectivity index (χ0n) is 9.74. The van der Waals surface area contributed by atoms with E-state index in [0.717, 1.165) is 17.7 Å². The van der Waals surface area contributed by atoms with Gasteiger partial charge < -0.3 is 5.11 Å². The first-order valence-corrected chi connectivity index (χ1v) is 7.06. The zero-order valence-corrected chi connectivity index (χ0v) is 10.6. The third-order valence-corrected chi connectivity index (χ3v) is 5.60. The molecule has 3 atom stereocenters.